The predicted molar refractivity (Wildman–Crippen MR) is 77.8 cm³/mol. The summed E-state index contributed by atoms with van der Waals surface area (Å²) in [6.07, 6.45) is 0. The van der Waals surface area contributed by atoms with Gasteiger partial charge in [-0.15, -0.1) is 0 Å². The normalized spacial score (nSPS) is 13.5. The number of aliphatic carboxylic acids is 1. The SMILES string of the molecule is COC(=O)C(NC(=O)NC(C)(C)C(C)(C)C(=O)O)C(C)C. The second kappa shape index (κ2) is 6.78. The summed E-state index contributed by atoms with van der Waals surface area (Å²) < 4.78 is 4.63. The molecule has 0 saturated carbocycles. The van der Waals surface area contributed by atoms with Crippen LogP contribution in [0.4, 0.5) is 4.79 Å². The summed E-state index contributed by atoms with van der Waals surface area (Å²) in [6.45, 7) is 9.82. The molecule has 0 aromatic carbocycles. The quantitative estimate of drug-likeness (QED) is 0.643. The number of ether oxygens (including phenoxy) is 1. The zero-order chi connectivity index (χ0) is 17.0. The van der Waals surface area contributed by atoms with Gasteiger partial charge in [0.05, 0.1) is 18.1 Å². The summed E-state index contributed by atoms with van der Waals surface area (Å²) in [5, 5.41) is 14.4. The maximum atomic E-state index is 12.0. The maximum absolute atomic E-state index is 12.0. The number of rotatable bonds is 6. The number of methoxy groups -OCH3 is 1. The molecule has 0 aromatic heterocycles. The van der Waals surface area contributed by atoms with Crippen LogP contribution in [0.25, 0.3) is 0 Å². The largest absolute Gasteiger partial charge is 0.481 e. The van der Waals surface area contributed by atoms with Gasteiger partial charge in [-0.1, -0.05) is 13.8 Å². The van der Waals surface area contributed by atoms with Crippen LogP contribution < -0.4 is 10.6 Å². The Labute approximate surface area is 125 Å². The van der Waals surface area contributed by atoms with Crippen molar-refractivity contribution in [1.82, 2.24) is 10.6 Å². The minimum Gasteiger partial charge on any atom is -0.481 e. The van der Waals surface area contributed by atoms with Crippen molar-refractivity contribution in [3.05, 3.63) is 0 Å². The van der Waals surface area contributed by atoms with Crippen molar-refractivity contribution in [2.24, 2.45) is 11.3 Å². The molecule has 1 unspecified atom stereocenters. The van der Waals surface area contributed by atoms with Crippen LogP contribution in [-0.4, -0.2) is 41.8 Å². The minimum atomic E-state index is -1.18. The summed E-state index contributed by atoms with van der Waals surface area (Å²) in [5.41, 5.74) is -2.19. The van der Waals surface area contributed by atoms with Crippen LogP contribution in [0.3, 0.4) is 0 Å². The molecule has 7 heteroatoms. The molecule has 0 aliphatic heterocycles. The van der Waals surface area contributed by atoms with E-state index in [1.807, 2.05) is 0 Å². The number of hydrogen-bond donors (Lipinski definition) is 3. The Hall–Kier alpha value is -1.79. The molecule has 0 bridgehead atoms. The Morgan fingerprint density at radius 2 is 1.57 bits per heavy atom. The molecule has 0 aromatic rings. The van der Waals surface area contributed by atoms with Crippen LogP contribution in [0, 0.1) is 11.3 Å². The molecule has 1 atom stereocenters. The van der Waals surface area contributed by atoms with E-state index in [0.29, 0.717) is 0 Å². The first kappa shape index (κ1) is 19.2. The Morgan fingerprint density at radius 1 is 1.10 bits per heavy atom. The number of carbonyl (C=O) groups is 3. The van der Waals surface area contributed by atoms with E-state index in [2.05, 4.69) is 15.4 Å². The fourth-order valence-corrected chi connectivity index (χ4v) is 1.51. The second-order valence-electron chi connectivity index (χ2n) is 6.40. The zero-order valence-corrected chi connectivity index (χ0v) is 13.7. The molecule has 0 rings (SSSR count). The average molecular weight is 302 g/mol. The highest BCUT2D eigenvalue weighted by Crippen LogP contribution is 2.30. The van der Waals surface area contributed by atoms with Gasteiger partial charge in [0.1, 0.15) is 6.04 Å². The molecule has 0 radical (unpaired) electrons. The van der Waals surface area contributed by atoms with Gasteiger partial charge in [0.2, 0.25) is 0 Å². The predicted octanol–water partition coefficient (Wildman–Crippen LogP) is 1.37. The van der Waals surface area contributed by atoms with Gasteiger partial charge in [-0.3, -0.25) is 4.79 Å². The van der Waals surface area contributed by atoms with Crippen molar-refractivity contribution in [2.45, 2.75) is 53.1 Å². The van der Waals surface area contributed by atoms with Gasteiger partial charge < -0.3 is 20.5 Å². The van der Waals surface area contributed by atoms with Crippen molar-refractivity contribution >= 4 is 18.0 Å². The monoisotopic (exact) mass is 302 g/mol. The van der Waals surface area contributed by atoms with E-state index in [-0.39, 0.29) is 5.92 Å². The van der Waals surface area contributed by atoms with E-state index in [4.69, 9.17) is 0 Å². The highest BCUT2D eigenvalue weighted by atomic mass is 16.5. The van der Waals surface area contributed by atoms with Crippen molar-refractivity contribution in [3.8, 4) is 0 Å². The molecule has 3 N–H and O–H groups in total. The number of hydrogen-bond acceptors (Lipinski definition) is 4. The molecule has 0 fully saturated rings. The lowest BCUT2D eigenvalue weighted by molar-refractivity contribution is -0.151. The third-order valence-corrected chi connectivity index (χ3v) is 3.93. The Bertz CT molecular complexity index is 416. The Morgan fingerprint density at radius 3 is 1.90 bits per heavy atom. The molecular weight excluding hydrogens is 276 g/mol. The molecule has 0 aliphatic carbocycles. The number of urea groups is 1. The summed E-state index contributed by atoms with van der Waals surface area (Å²) in [6, 6.07) is -1.41. The highest BCUT2D eigenvalue weighted by molar-refractivity contribution is 5.85. The summed E-state index contributed by atoms with van der Waals surface area (Å²) in [4.78, 5) is 34.9. The fraction of sp³-hybridized carbons (Fsp3) is 0.786. The lowest BCUT2D eigenvalue weighted by Crippen LogP contribution is -2.61. The summed E-state index contributed by atoms with van der Waals surface area (Å²) in [7, 11) is 1.24. The van der Waals surface area contributed by atoms with Gasteiger partial charge in [-0.05, 0) is 33.6 Å². The molecular formula is C14H26N2O5. The molecule has 21 heavy (non-hydrogen) atoms. The molecule has 0 heterocycles. The summed E-state index contributed by atoms with van der Waals surface area (Å²) >= 11 is 0. The molecule has 0 spiro atoms. The van der Waals surface area contributed by atoms with Gasteiger partial charge in [0.25, 0.3) is 0 Å². The Kier molecular flexibility index (Phi) is 6.20. The average Bonchev–Trinajstić information content (AvgIpc) is 2.33. The number of amides is 2. The van der Waals surface area contributed by atoms with Crippen LogP contribution >= 0.6 is 0 Å². The summed E-state index contributed by atoms with van der Waals surface area (Å²) in [5.74, 6) is -1.73. The first-order chi connectivity index (χ1) is 9.36. The van der Waals surface area contributed by atoms with Crippen molar-refractivity contribution in [3.63, 3.8) is 0 Å². The van der Waals surface area contributed by atoms with Gasteiger partial charge in [0, 0.05) is 0 Å². The smallest absolute Gasteiger partial charge is 0.328 e. The molecule has 0 aliphatic rings. The first-order valence-corrected chi connectivity index (χ1v) is 6.76. The molecule has 122 valence electrons. The lowest BCUT2D eigenvalue weighted by atomic mass is 9.74. The third-order valence-electron chi connectivity index (χ3n) is 3.93. The van der Waals surface area contributed by atoms with Crippen LogP contribution in [0.2, 0.25) is 0 Å². The van der Waals surface area contributed by atoms with E-state index in [1.165, 1.54) is 21.0 Å². The third kappa shape index (κ3) is 4.61. The van der Waals surface area contributed by atoms with E-state index < -0.39 is 35.0 Å². The topological polar surface area (TPSA) is 105 Å². The lowest BCUT2D eigenvalue weighted by Gasteiger charge is -2.39. The number of nitrogens with one attached hydrogen (secondary N) is 2. The standard InChI is InChI=1S/C14H26N2O5/c1-8(2)9(10(17)21-7)15-12(20)16-14(5,6)13(3,4)11(18)19/h8-9H,1-7H3,(H,18,19)(H2,15,16,20). The number of esters is 1. The number of carboxylic acids is 1. The number of carboxylic acid groups (broad SMARTS) is 1. The Balaban J connectivity index is 4.97. The fourth-order valence-electron chi connectivity index (χ4n) is 1.51. The second-order valence-corrected chi connectivity index (χ2v) is 6.40. The first-order valence-electron chi connectivity index (χ1n) is 6.76. The van der Waals surface area contributed by atoms with E-state index in [1.54, 1.807) is 27.7 Å². The van der Waals surface area contributed by atoms with E-state index >= 15 is 0 Å². The van der Waals surface area contributed by atoms with Gasteiger partial charge >= 0.3 is 18.0 Å². The molecule has 0 saturated heterocycles. The number of carbonyl (C=O) groups excluding carboxylic acids is 2. The minimum absolute atomic E-state index is 0.154. The van der Waals surface area contributed by atoms with E-state index in [0.717, 1.165) is 0 Å². The van der Waals surface area contributed by atoms with Crippen LogP contribution in [-0.2, 0) is 14.3 Å². The van der Waals surface area contributed by atoms with Crippen molar-refractivity contribution in [1.29, 1.82) is 0 Å². The van der Waals surface area contributed by atoms with Crippen LogP contribution in [0.1, 0.15) is 41.5 Å². The molecule has 7 nitrogen and oxygen atoms in total. The van der Waals surface area contributed by atoms with Crippen LogP contribution in [0.5, 0.6) is 0 Å². The maximum Gasteiger partial charge on any atom is 0.328 e. The van der Waals surface area contributed by atoms with Crippen molar-refractivity contribution in [2.75, 3.05) is 7.11 Å². The molecule has 2 amide bonds. The zero-order valence-electron chi connectivity index (χ0n) is 13.7. The van der Waals surface area contributed by atoms with E-state index in [9.17, 15) is 19.5 Å². The van der Waals surface area contributed by atoms with Crippen molar-refractivity contribution < 1.29 is 24.2 Å². The van der Waals surface area contributed by atoms with Gasteiger partial charge in [-0.2, -0.15) is 0 Å². The van der Waals surface area contributed by atoms with Gasteiger partial charge in [0.15, 0.2) is 0 Å². The van der Waals surface area contributed by atoms with Crippen LogP contribution in [0.15, 0.2) is 0 Å². The highest BCUT2D eigenvalue weighted by Gasteiger charge is 2.44. The van der Waals surface area contributed by atoms with Gasteiger partial charge in [-0.25, -0.2) is 9.59 Å².